The van der Waals surface area contributed by atoms with Crippen molar-refractivity contribution in [3.63, 3.8) is 0 Å². The third-order valence-corrected chi connectivity index (χ3v) is 7.81. The molecule has 0 amide bonds. The summed E-state index contributed by atoms with van der Waals surface area (Å²) in [5.74, 6) is 1.29. The summed E-state index contributed by atoms with van der Waals surface area (Å²) < 4.78 is 2.17. The predicted octanol–water partition coefficient (Wildman–Crippen LogP) is 5.52. The van der Waals surface area contributed by atoms with Crippen molar-refractivity contribution in [1.82, 2.24) is 19.5 Å². The lowest BCUT2D eigenvalue weighted by Gasteiger charge is -2.37. The molecule has 2 aliphatic rings. The van der Waals surface area contributed by atoms with Crippen molar-refractivity contribution in [2.45, 2.75) is 53.0 Å². The second kappa shape index (κ2) is 9.12. The molecule has 5 nitrogen and oxygen atoms in total. The molecule has 180 valence electrons. The molecule has 2 aromatic carbocycles. The van der Waals surface area contributed by atoms with E-state index in [1.165, 1.54) is 57.7 Å². The second-order valence-electron chi connectivity index (χ2n) is 10.3. The third-order valence-electron chi connectivity index (χ3n) is 7.81. The summed E-state index contributed by atoms with van der Waals surface area (Å²) >= 11 is 0. The monoisotopic (exact) mass is 465 g/mol. The first-order chi connectivity index (χ1) is 17.1. The van der Waals surface area contributed by atoms with E-state index in [2.05, 4.69) is 83.6 Å². The van der Waals surface area contributed by atoms with Gasteiger partial charge in [-0.1, -0.05) is 54.1 Å². The van der Waals surface area contributed by atoms with Crippen LogP contribution in [-0.4, -0.2) is 45.7 Å². The van der Waals surface area contributed by atoms with E-state index in [-0.39, 0.29) is 0 Å². The number of aryl methyl sites for hydroxylation is 4. The quantitative estimate of drug-likeness (QED) is 0.398. The van der Waals surface area contributed by atoms with Gasteiger partial charge in [-0.2, -0.15) is 9.61 Å². The lowest BCUT2D eigenvalue weighted by Crippen LogP contribution is -2.47. The topological polar surface area (TPSA) is 36.7 Å². The highest BCUT2D eigenvalue weighted by Crippen LogP contribution is 2.35. The Morgan fingerprint density at radius 3 is 2.40 bits per heavy atom. The van der Waals surface area contributed by atoms with Crippen LogP contribution in [0, 0.1) is 20.8 Å². The molecule has 3 heterocycles. The molecule has 0 saturated carbocycles. The Hall–Kier alpha value is -3.18. The lowest BCUT2D eigenvalue weighted by molar-refractivity contribution is 0.248. The van der Waals surface area contributed by atoms with Crippen LogP contribution in [0.3, 0.4) is 0 Å². The molecule has 0 N–H and O–H groups in total. The van der Waals surface area contributed by atoms with Gasteiger partial charge in [0.15, 0.2) is 5.65 Å². The van der Waals surface area contributed by atoms with Crippen molar-refractivity contribution in [2.24, 2.45) is 0 Å². The van der Waals surface area contributed by atoms with Crippen LogP contribution >= 0.6 is 0 Å². The van der Waals surface area contributed by atoms with Gasteiger partial charge in [0, 0.05) is 49.5 Å². The van der Waals surface area contributed by atoms with Crippen LogP contribution in [0.5, 0.6) is 0 Å². The average Bonchev–Trinajstić information content (AvgIpc) is 3.20. The van der Waals surface area contributed by atoms with E-state index in [4.69, 9.17) is 10.1 Å². The molecule has 2 aromatic heterocycles. The summed E-state index contributed by atoms with van der Waals surface area (Å²) in [7, 11) is 0. The van der Waals surface area contributed by atoms with E-state index in [0.717, 1.165) is 56.9 Å². The normalized spacial score (nSPS) is 16.6. The molecule has 0 atom stereocenters. The first kappa shape index (κ1) is 22.3. The van der Waals surface area contributed by atoms with Gasteiger partial charge in [0.2, 0.25) is 0 Å². The van der Waals surface area contributed by atoms with E-state index in [0.29, 0.717) is 0 Å². The van der Waals surface area contributed by atoms with Crippen molar-refractivity contribution in [1.29, 1.82) is 0 Å². The Morgan fingerprint density at radius 2 is 1.63 bits per heavy atom. The summed E-state index contributed by atoms with van der Waals surface area (Å²) in [4.78, 5) is 10.4. The Morgan fingerprint density at radius 1 is 0.857 bits per heavy atom. The molecular formula is C30H35N5. The van der Waals surface area contributed by atoms with Gasteiger partial charge in [0.25, 0.3) is 0 Å². The van der Waals surface area contributed by atoms with Gasteiger partial charge in [0.05, 0.1) is 5.69 Å². The maximum atomic E-state index is 5.22. The highest BCUT2D eigenvalue weighted by molar-refractivity contribution is 5.81. The largest absolute Gasteiger partial charge is 0.354 e. The first-order valence-electron chi connectivity index (χ1n) is 13.1. The number of benzene rings is 2. The Labute approximate surface area is 208 Å². The number of hydrogen-bond donors (Lipinski definition) is 0. The molecule has 35 heavy (non-hydrogen) atoms. The minimum Gasteiger partial charge on any atom is -0.354 e. The Kier molecular flexibility index (Phi) is 5.81. The molecule has 6 rings (SSSR count). The molecule has 0 spiro atoms. The van der Waals surface area contributed by atoms with Gasteiger partial charge in [-0.05, 0) is 63.1 Å². The molecular weight excluding hydrogens is 430 g/mol. The fraction of sp³-hybridized carbons (Fsp3) is 0.400. The minimum atomic E-state index is 1.02. The fourth-order valence-electron chi connectivity index (χ4n) is 5.92. The van der Waals surface area contributed by atoms with Crippen molar-refractivity contribution < 1.29 is 0 Å². The average molecular weight is 466 g/mol. The molecule has 0 radical (unpaired) electrons. The van der Waals surface area contributed by atoms with Gasteiger partial charge in [-0.25, -0.2) is 4.98 Å². The van der Waals surface area contributed by atoms with Gasteiger partial charge < -0.3 is 4.90 Å². The maximum Gasteiger partial charge on any atom is 0.165 e. The maximum absolute atomic E-state index is 5.22. The van der Waals surface area contributed by atoms with E-state index < -0.39 is 0 Å². The van der Waals surface area contributed by atoms with Crippen LogP contribution in [0.4, 0.5) is 5.82 Å². The van der Waals surface area contributed by atoms with E-state index in [9.17, 15) is 0 Å². The highest BCUT2D eigenvalue weighted by atomic mass is 15.4. The molecule has 1 aliphatic heterocycles. The zero-order valence-corrected chi connectivity index (χ0v) is 21.2. The standard InChI is InChI=1S/C30H35N5/c1-21-13-14-25(22(2)19-21)20-33-15-17-34(18-16-33)30-26-11-7-8-12-27(26)31-29-28(23(3)32-35(29)30)24-9-5-4-6-10-24/h4-6,9-10,13-14,19H,7-8,11-12,15-18,20H2,1-3H3. The van der Waals surface area contributed by atoms with Gasteiger partial charge in [-0.3, -0.25) is 4.90 Å². The van der Waals surface area contributed by atoms with E-state index in [1.807, 2.05) is 0 Å². The summed E-state index contributed by atoms with van der Waals surface area (Å²) in [6.45, 7) is 11.8. The van der Waals surface area contributed by atoms with Crippen LogP contribution < -0.4 is 4.90 Å². The lowest BCUT2D eigenvalue weighted by atomic mass is 9.95. The Balaban J connectivity index is 1.34. The molecule has 1 saturated heterocycles. The SMILES string of the molecule is Cc1ccc(CN2CCN(c3c4c(nc5c(-c6ccccc6)c(C)nn35)CCCC4)CC2)c(C)c1. The first-order valence-corrected chi connectivity index (χ1v) is 13.1. The van der Waals surface area contributed by atoms with Gasteiger partial charge in [0.1, 0.15) is 5.82 Å². The summed E-state index contributed by atoms with van der Waals surface area (Å²) in [5.41, 5.74) is 11.3. The Bertz CT molecular complexity index is 1360. The molecule has 5 heteroatoms. The molecule has 1 aliphatic carbocycles. The number of piperazine rings is 1. The summed E-state index contributed by atoms with van der Waals surface area (Å²) in [5, 5.41) is 5.08. The highest BCUT2D eigenvalue weighted by Gasteiger charge is 2.28. The van der Waals surface area contributed by atoms with Crippen LogP contribution in [0.2, 0.25) is 0 Å². The smallest absolute Gasteiger partial charge is 0.165 e. The fourth-order valence-corrected chi connectivity index (χ4v) is 5.92. The zero-order valence-electron chi connectivity index (χ0n) is 21.2. The summed E-state index contributed by atoms with van der Waals surface area (Å²) in [6, 6.07) is 17.5. The number of anilines is 1. The van der Waals surface area contributed by atoms with E-state index in [1.54, 1.807) is 0 Å². The van der Waals surface area contributed by atoms with Crippen molar-refractivity contribution in [3.05, 3.63) is 82.2 Å². The van der Waals surface area contributed by atoms with Gasteiger partial charge >= 0.3 is 0 Å². The minimum absolute atomic E-state index is 1.02. The molecule has 1 fully saturated rings. The molecule has 0 unspecified atom stereocenters. The number of fused-ring (bicyclic) bond motifs is 2. The van der Waals surface area contributed by atoms with Crippen LogP contribution in [-0.2, 0) is 19.4 Å². The summed E-state index contributed by atoms with van der Waals surface area (Å²) in [6.07, 6.45) is 4.65. The van der Waals surface area contributed by atoms with Crippen LogP contribution in [0.1, 0.15) is 46.5 Å². The zero-order chi connectivity index (χ0) is 23.9. The van der Waals surface area contributed by atoms with E-state index >= 15 is 0 Å². The van der Waals surface area contributed by atoms with Gasteiger partial charge in [-0.15, -0.1) is 0 Å². The van der Waals surface area contributed by atoms with Crippen LogP contribution in [0.15, 0.2) is 48.5 Å². The van der Waals surface area contributed by atoms with Crippen molar-refractivity contribution in [2.75, 3.05) is 31.1 Å². The number of aromatic nitrogens is 3. The second-order valence-corrected chi connectivity index (χ2v) is 10.3. The number of hydrogen-bond acceptors (Lipinski definition) is 4. The van der Waals surface area contributed by atoms with Crippen molar-refractivity contribution >= 4 is 11.5 Å². The predicted molar refractivity (Wildman–Crippen MR) is 143 cm³/mol. The number of nitrogens with zero attached hydrogens (tertiary/aromatic N) is 5. The van der Waals surface area contributed by atoms with Crippen molar-refractivity contribution in [3.8, 4) is 11.1 Å². The molecule has 4 aromatic rings. The van der Waals surface area contributed by atoms with Crippen LogP contribution in [0.25, 0.3) is 16.8 Å². The number of rotatable bonds is 4. The third kappa shape index (κ3) is 4.12. The molecule has 0 bridgehead atoms.